The van der Waals surface area contributed by atoms with Crippen LogP contribution < -0.4 is 5.32 Å². The van der Waals surface area contributed by atoms with Crippen LogP contribution in [-0.2, 0) is 6.54 Å². The molecule has 2 atom stereocenters. The van der Waals surface area contributed by atoms with Crippen molar-refractivity contribution < 1.29 is 5.11 Å². The van der Waals surface area contributed by atoms with E-state index < -0.39 is 0 Å². The molecule has 1 aliphatic carbocycles. The number of hydrogen-bond acceptors (Lipinski definition) is 4. The first kappa shape index (κ1) is 13.0. The Bertz CT molecular complexity index is 364. The first-order valence-corrected chi connectivity index (χ1v) is 7.29. The van der Waals surface area contributed by atoms with Gasteiger partial charge in [-0.3, -0.25) is 0 Å². The van der Waals surface area contributed by atoms with E-state index in [9.17, 15) is 5.11 Å². The number of thiazole rings is 1. The Morgan fingerprint density at radius 3 is 2.76 bits per heavy atom. The Morgan fingerprint density at radius 2 is 2.12 bits per heavy atom. The summed E-state index contributed by atoms with van der Waals surface area (Å²) in [5, 5.41) is 14.1. The van der Waals surface area contributed by atoms with Crippen LogP contribution in [0.5, 0.6) is 0 Å². The zero-order chi connectivity index (χ0) is 12.3. The van der Waals surface area contributed by atoms with Crippen LogP contribution in [0.25, 0.3) is 0 Å². The minimum Gasteiger partial charge on any atom is -0.396 e. The van der Waals surface area contributed by atoms with Gasteiger partial charge in [0, 0.05) is 24.1 Å². The van der Waals surface area contributed by atoms with Crippen molar-refractivity contribution in [1.29, 1.82) is 0 Å². The SMILES string of the molecule is Cc1nc(C)c(CNC2CCCCC2CO)s1. The van der Waals surface area contributed by atoms with E-state index >= 15 is 0 Å². The molecule has 0 radical (unpaired) electrons. The third-order valence-electron chi connectivity index (χ3n) is 3.67. The van der Waals surface area contributed by atoms with Crippen LogP contribution in [0.2, 0.25) is 0 Å². The predicted molar refractivity (Wildman–Crippen MR) is 71.3 cm³/mol. The molecule has 0 spiro atoms. The van der Waals surface area contributed by atoms with Gasteiger partial charge in [-0.15, -0.1) is 11.3 Å². The summed E-state index contributed by atoms with van der Waals surface area (Å²) in [6, 6.07) is 0.482. The van der Waals surface area contributed by atoms with Crippen molar-refractivity contribution >= 4 is 11.3 Å². The van der Waals surface area contributed by atoms with E-state index in [1.54, 1.807) is 11.3 Å². The largest absolute Gasteiger partial charge is 0.396 e. The molecule has 1 aliphatic rings. The van der Waals surface area contributed by atoms with Gasteiger partial charge in [0.25, 0.3) is 0 Å². The van der Waals surface area contributed by atoms with Crippen LogP contribution in [0.1, 0.15) is 41.3 Å². The number of rotatable bonds is 4. The van der Waals surface area contributed by atoms with Crippen LogP contribution in [0.3, 0.4) is 0 Å². The lowest BCUT2D eigenvalue weighted by atomic mass is 9.85. The summed E-state index contributed by atoms with van der Waals surface area (Å²) >= 11 is 1.78. The second-order valence-electron chi connectivity index (χ2n) is 4.96. The molecule has 2 N–H and O–H groups in total. The topological polar surface area (TPSA) is 45.2 Å². The van der Waals surface area contributed by atoms with Gasteiger partial charge >= 0.3 is 0 Å². The molecule has 1 saturated carbocycles. The normalized spacial score (nSPS) is 25.1. The number of aromatic nitrogens is 1. The average Bonchev–Trinajstić information content (AvgIpc) is 2.65. The lowest BCUT2D eigenvalue weighted by Gasteiger charge is -2.30. The predicted octanol–water partition coefficient (Wildman–Crippen LogP) is 2.40. The van der Waals surface area contributed by atoms with E-state index in [0.29, 0.717) is 18.6 Å². The summed E-state index contributed by atoms with van der Waals surface area (Å²) in [6.45, 7) is 5.35. The number of aliphatic hydroxyl groups excluding tert-OH is 1. The van der Waals surface area contributed by atoms with Crippen molar-refractivity contribution in [3.63, 3.8) is 0 Å². The second-order valence-corrected chi connectivity index (χ2v) is 6.24. The first-order chi connectivity index (χ1) is 8.20. The fourth-order valence-corrected chi connectivity index (χ4v) is 3.54. The van der Waals surface area contributed by atoms with Gasteiger partial charge in [0.1, 0.15) is 0 Å². The molecule has 0 aliphatic heterocycles. The molecule has 1 aromatic heterocycles. The van der Waals surface area contributed by atoms with Crippen molar-refractivity contribution in [3.05, 3.63) is 15.6 Å². The standard InChI is InChI=1S/C13H22N2OS/c1-9-13(17-10(2)15-9)7-14-12-6-4-3-5-11(12)8-16/h11-12,14,16H,3-8H2,1-2H3. The highest BCUT2D eigenvalue weighted by molar-refractivity contribution is 7.11. The Hall–Kier alpha value is -0.450. The Kier molecular flexibility index (Phi) is 4.54. The molecule has 1 heterocycles. The lowest BCUT2D eigenvalue weighted by molar-refractivity contribution is 0.152. The fourth-order valence-electron chi connectivity index (χ4n) is 2.66. The maximum Gasteiger partial charge on any atom is 0.0900 e. The zero-order valence-corrected chi connectivity index (χ0v) is 11.5. The van der Waals surface area contributed by atoms with E-state index in [2.05, 4.69) is 24.1 Å². The van der Waals surface area contributed by atoms with E-state index in [1.807, 2.05) is 0 Å². The van der Waals surface area contributed by atoms with Crippen LogP contribution in [0.4, 0.5) is 0 Å². The summed E-state index contributed by atoms with van der Waals surface area (Å²) < 4.78 is 0. The van der Waals surface area contributed by atoms with Crippen molar-refractivity contribution in [2.45, 2.75) is 52.1 Å². The monoisotopic (exact) mass is 254 g/mol. The number of hydrogen-bond donors (Lipinski definition) is 2. The highest BCUT2D eigenvalue weighted by atomic mass is 32.1. The Balaban J connectivity index is 1.90. The average molecular weight is 254 g/mol. The summed E-state index contributed by atoms with van der Waals surface area (Å²) in [6.07, 6.45) is 4.91. The van der Waals surface area contributed by atoms with Gasteiger partial charge in [-0.25, -0.2) is 4.98 Å². The summed E-state index contributed by atoms with van der Waals surface area (Å²) in [7, 11) is 0. The number of nitrogens with one attached hydrogen (secondary N) is 1. The molecule has 2 unspecified atom stereocenters. The zero-order valence-electron chi connectivity index (χ0n) is 10.7. The van der Waals surface area contributed by atoms with Crippen molar-refractivity contribution in [2.24, 2.45) is 5.92 Å². The third kappa shape index (κ3) is 3.27. The molecule has 3 nitrogen and oxygen atoms in total. The van der Waals surface area contributed by atoms with Gasteiger partial charge in [-0.2, -0.15) is 0 Å². The molecule has 0 aromatic carbocycles. The molecule has 2 rings (SSSR count). The Morgan fingerprint density at radius 1 is 1.35 bits per heavy atom. The van der Waals surface area contributed by atoms with Gasteiger partial charge in [-0.05, 0) is 32.6 Å². The first-order valence-electron chi connectivity index (χ1n) is 6.48. The summed E-state index contributed by atoms with van der Waals surface area (Å²) in [5.41, 5.74) is 1.15. The molecular formula is C13H22N2OS. The maximum atomic E-state index is 9.37. The molecule has 0 bridgehead atoms. The smallest absolute Gasteiger partial charge is 0.0900 e. The van der Waals surface area contributed by atoms with Gasteiger partial charge in [0.2, 0.25) is 0 Å². The van der Waals surface area contributed by atoms with Crippen molar-refractivity contribution in [2.75, 3.05) is 6.61 Å². The number of aryl methyl sites for hydroxylation is 2. The minimum atomic E-state index is 0.318. The van der Waals surface area contributed by atoms with E-state index in [1.165, 1.54) is 24.1 Å². The molecule has 0 amide bonds. The number of nitrogens with zero attached hydrogens (tertiary/aromatic N) is 1. The van der Waals surface area contributed by atoms with Gasteiger partial charge in [0.15, 0.2) is 0 Å². The van der Waals surface area contributed by atoms with Gasteiger partial charge < -0.3 is 10.4 Å². The van der Waals surface area contributed by atoms with Crippen LogP contribution >= 0.6 is 11.3 Å². The molecule has 1 aromatic rings. The fraction of sp³-hybridized carbons (Fsp3) is 0.769. The summed E-state index contributed by atoms with van der Waals surface area (Å²) in [5.74, 6) is 0.443. The van der Waals surface area contributed by atoms with Crippen molar-refractivity contribution in [3.8, 4) is 0 Å². The molecule has 17 heavy (non-hydrogen) atoms. The highest BCUT2D eigenvalue weighted by Gasteiger charge is 2.24. The molecule has 4 heteroatoms. The van der Waals surface area contributed by atoms with Crippen molar-refractivity contribution in [1.82, 2.24) is 10.3 Å². The Labute approximate surface area is 107 Å². The quantitative estimate of drug-likeness (QED) is 0.867. The molecule has 0 saturated heterocycles. The van der Waals surface area contributed by atoms with Crippen LogP contribution in [-0.4, -0.2) is 22.7 Å². The van der Waals surface area contributed by atoms with E-state index in [-0.39, 0.29) is 0 Å². The van der Waals surface area contributed by atoms with Crippen LogP contribution in [0, 0.1) is 19.8 Å². The molecule has 1 fully saturated rings. The summed E-state index contributed by atoms with van der Waals surface area (Å²) in [4.78, 5) is 5.78. The lowest BCUT2D eigenvalue weighted by Crippen LogP contribution is -2.39. The highest BCUT2D eigenvalue weighted by Crippen LogP contribution is 2.25. The molecular weight excluding hydrogens is 232 g/mol. The second kappa shape index (κ2) is 5.94. The number of aliphatic hydroxyl groups is 1. The minimum absolute atomic E-state index is 0.318. The van der Waals surface area contributed by atoms with Gasteiger partial charge in [0.05, 0.1) is 10.7 Å². The maximum absolute atomic E-state index is 9.37. The van der Waals surface area contributed by atoms with Crippen LogP contribution in [0.15, 0.2) is 0 Å². The van der Waals surface area contributed by atoms with Gasteiger partial charge in [-0.1, -0.05) is 12.8 Å². The van der Waals surface area contributed by atoms with E-state index in [4.69, 9.17) is 0 Å². The third-order valence-corrected chi connectivity index (χ3v) is 4.74. The van der Waals surface area contributed by atoms with E-state index in [0.717, 1.165) is 23.7 Å². The molecule has 96 valence electrons.